The summed E-state index contributed by atoms with van der Waals surface area (Å²) in [5.41, 5.74) is 0.645. The summed E-state index contributed by atoms with van der Waals surface area (Å²) in [6.07, 6.45) is 3.09. The molecule has 0 aromatic heterocycles. The fourth-order valence-electron chi connectivity index (χ4n) is 0.963. The first kappa shape index (κ1) is 14.0. The normalized spacial score (nSPS) is 9.73. The van der Waals surface area contributed by atoms with Crippen molar-refractivity contribution < 1.29 is 9.53 Å². The van der Waals surface area contributed by atoms with Gasteiger partial charge in [0.05, 0.1) is 0 Å². The lowest BCUT2D eigenvalue weighted by Crippen LogP contribution is -2.34. The summed E-state index contributed by atoms with van der Waals surface area (Å²) in [6, 6.07) is -0.198. The van der Waals surface area contributed by atoms with Crippen LogP contribution in [0.2, 0.25) is 0 Å². The summed E-state index contributed by atoms with van der Waals surface area (Å²) in [7, 11) is 0. The van der Waals surface area contributed by atoms with E-state index in [1.165, 1.54) is 0 Å². The number of carbonyl (C=O) groups excluding carboxylic acids is 1. The number of unbranched alkanes of at least 4 members (excludes halogenated alkanes) is 1. The largest absolute Gasteiger partial charge is 0.381 e. The Morgan fingerprint density at radius 3 is 2.60 bits per heavy atom. The van der Waals surface area contributed by atoms with Crippen LogP contribution in [0.25, 0.3) is 0 Å². The van der Waals surface area contributed by atoms with Gasteiger partial charge in [-0.25, -0.2) is 4.79 Å². The highest BCUT2D eigenvalue weighted by atomic mass is 16.5. The minimum Gasteiger partial charge on any atom is -0.381 e. The number of rotatable bonds is 8. The van der Waals surface area contributed by atoms with Crippen LogP contribution in [0, 0.1) is 0 Å². The molecule has 0 aliphatic rings. The van der Waals surface area contributed by atoms with Crippen molar-refractivity contribution in [3.63, 3.8) is 0 Å². The first-order chi connectivity index (χ1) is 7.16. The highest BCUT2D eigenvalue weighted by Gasteiger charge is 1.97. The van der Waals surface area contributed by atoms with E-state index >= 15 is 0 Å². The second-order valence-corrected chi connectivity index (χ2v) is 3.48. The van der Waals surface area contributed by atoms with Crippen molar-refractivity contribution in [2.45, 2.75) is 33.1 Å². The van der Waals surface area contributed by atoms with E-state index in [-0.39, 0.29) is 6.03 Å². The lowest BCUT2D eigenvalue weighted by atomic mass is 10.4. The summed E-state index contributed by atoms with van der Waals surface area (Å²) in [5.74, 6) is 0. The van der Waals surface area contributed by atoms with Crippen LogP contribution in [0.1, 0.15) is 33.1 Å². The lowest BCUT2D eigenvalue weighted by molar-refractivity contribution is 0.129. The predicted octanol–water partition coefficient (Wildman–Crippen LogP) is 2.03. The van der Waals surface area contributed by atoms with Crippen molar-refractivity contribution in [3.8, 4) is 0 Å². The number of hydrogen-bond acceptors (Lipinski definition) is 2. The average Bonchev–Trinajstić information content (AvgIpc) is 2.15. The highest BCUT2D eigenvalue weighted by Crippen LogP contribution is 1.89. The highest BCUT2D eigenvalue weighted by molar-refractivity contribution is 5.75. The van der Waals surface area contributed by atoms with Crippen LogP contribution in [0.3, 0.4) is 0 Å². The number of allylic oxidation sites excluding steroid dienone is 1. The first-order valence-corrected chi connectivity index (χ1v) is 5.45. The van der Waals surface area contributed by atoms with E-state index in [0.29, 0.717) is 18.8 Å². The molecule has 0 fully saturated rings. The molecule has 4 nitrogen and oxygen atoms in total. The summed E-state index contributed by atoms with van der Waals surface area (Å²) >= 11 is 0. The van der Waals surface area contributed by atoms with Crippen LogP contribution < -0.4 is 10.6 Å². The van der Waals surface area contributed by atoms with Gasteiger partial charge in [0.25, 0.3) is 0 Å². The molecule has 0 atom stereocenters. The molecule has 0 aliphatic heterocycles. The van der Waals surface area contributed by atoms with Crippen molar-refractivity contribution in [2.24, 2.45) is 0 Å². The third kappa shape index (κ3) is 10.9. The van der Waals surface area contributed by atoms with Crippen LogP contribution in [-0.4, -0.2) is 25.8 Å². The number of urea groups is 1. The molecule has 4 heteroatoms. The third-order valence-electron chi connectivity index (χ3n) is 1.72. The Bertz CT molecular complexity index is 193. The number of hydrogen-bond donors (Lipinski definition) is 2. The fraction of sp³-hybridized carbons (Fsp3) is 0.727. The van der Waals surface area contributed by atoms with Crippen molar-refractivity contribution in [1.82, 2.24) is 10.6 Å². The van der Waals surface area contributed by atoms with E-state index in [1.807, 2.05) is 0 Å². The maximum atomic E-state index is 11.1. The van der Waals surface area contributed by atoms with Gasteiger partial charge >= 0.3 is 6.03 Å². The molecule has 0 saturated heterocycles. The van der Waals surface area contributed by atoms with Crippen molar-refractivity contribution in [1.29, 1.82) is 0 Å². The summed E-state index contributed by atoms with van der Waals surface area (Å²) in [6.45, 7) is 9.60. The smallest absolute Gasteiger partial charge is 0.318 e. The number of ether oxygens (including phenoxy) is 1. The molecule has 15 heavy (non-hydrogen) atoms. The van der Waals surface area contributed by atoms with E-state index in [4.69, 9.17) is 4.74 Å². The summed E-state index contributed by atoms with van der Waals surface area (Å²) < 4.78 is 5.35. The number of amides is 2. The third-order valence-corrected chi connectivity index (χ3v) is 1.72. The topological polar surface area (TPSA) is 50.4 Å². The Hall–Kier alpha value is -1.03. The van der Waals surface area contributed by atoms with Gasteiger partial charge in [-0.15, -0.1) is 0 Å². The SMILES string of the molecule is C=C(C)NC(=O)NCCCOCCCC. The Labute approximate surface area is 92.1 Å². The Balaban J connectivity index is 3.16. The van der Waals surface area contributed by atoms with E-state index in [0.717, 1.165) is 25.9 Å². The van der Waals surface area contributed by atoms with Gasteiger partial charge in [0.1, 0.15) is 0 Å². The van der Waals surface area contributed by atoms with Gasteiger partial charge in [-0.1, -0.05) is 19.9 Å². The molecule has 0 aromatic carbocycles. The van der Waals surface area contributed by atoms with Gasteiger partial charge < -0.3 is 15.4 Å². The molecule has 0 bridgehead atoms. The lowest BCUT2D eigenvalue weighted by Gasteiger charge is -2.07. The monoisotopic (exact) mass is 214 g/mol. The van der Waals surface area contributed by atoms with Crippen LogP contribution in [0.4, 0.5) is 4.79 Å². The standard InChI is InChI=1S/C11H22N2O2/c1-4-5-8-15-9-6-7-12-11(14)13-10(2)3/h2,4-9H2,1,3H3,(H2,12,13,14). The molecular weight excluding hydrogens is 192 g/mol. The van der Waals surface area contributed by atoms with E-state index in [2.05, 4.69) is 24.1 Å². The Morgan fingerprint density at radius 1 is 1.33 bits per heavy atom. The van der Waals surface area contributed by atoms with E-state index < -0.39 is 0 Å². The molecule has 2 N–H and O–H groups in total. The first-order valence-electron chi connectivity index (χ1n) is 5.45. The van der Waals surface area contributed by atoms with Crippen molar-refractivity contribution in [2.75, 3.05) is 19.8 Å². The zero-order valence-corrected chi connectivity index (χ0v) is 9.77. The predicted molar refractivity (Wildman–Crippen MR) is 61.7 cm³/mol. The zero-order valence-electron chi connectivity index (χ0n) is 9.77. The van der Waals surface area contributed by atoms with Gasteiger partial charge in [0.15, 0.2) is 0 Å². The van der Waals surface area contributed by atoms with Crippen molar-refractivity contribution in [3.05, 3.63) is 12.3 Å². The van der Waals surface area contributed by atoms with Gasteiger partial charge in [-0.3, -0.25) is 0 Å². The molecule has 2 amide bonds. The second kappa shape index (κ2) is 9.52. The van der Waals surface area contributed by atoms with Crippen LogP contribution >= 0.6 is 0 Å². The quantitative estimate of drug-likeness (QED) is 0.607. The van der Waals surface area contributed by atoms with Crippen molar-refractivity contribution >= 4 is 6.03 Å². The van der Waals surface area contributed by atoms with E-state index in [1.54, 1.807) is 6.92 Å². The number of carbonyl (C=O) groups is 1. The molecular formula is C11H22N2O2. The molecule has 0 rings (SSSR count). The summed E-state index contributed by atoms with van der Waals surface area (Å²) in [5, 5.41) is 5.28. The Morgan fingerprint density at radius 2 is 2.00 bits per heavy atom. The van der Waals surface area contributed by atoms with E-state index in [9.17, 15) is 4.79 Å². The minimum absolute atomic E-state index is 0.198. The average molecular weight is 214 g/mol. The maximum absolute atomic E-state index is 11.1. The molecule has 0 unspecified atom stereocenters. The fourth-order valence-corrected chi connectivity index (χ4v) is 0.963. The van der Waals surface area contributed by atoms with Gasteiger partial charge in [0.2, 0.25) is 0 Å². The van der Waals surface area contributed by atoms with Crippen LogP contribution in [0.5, 0.6) is 0 Å². The molecule has 0 aromatic rings. The molecule has 0 heterocycles. The molecule has 0 radical (unpaired) electrons. The van der Waals surface area contributed by atoms with Gasteiger partial charge in [-0.05, 0) is 19.8 Å². The van der Waals surface area contributed by atoms with Gasteiger partial charge in [-0.2, -0.15) is 0 Å². The molecule has 0 aliphatic carbocycles. The Kier molecular flexibility index (Phi) is 8.87. The maximum Gasteiger partial charge on any atom is 0.318 e. The summed E-state index contributed by atoms with van der Waals surface area (Å²) in [4.78, 5) is 11.1. The van der Waals surface area contributed by atoms with Gasteiger partial charge in [0, 0.05) is 25.5 Å². The minimum atomic E-state index is -0.198. The molecule has 0 spiro atoms. The molecule has 88 valence electrons. The van der Waals surface area contributed by atoms with Crippen LogP contribution in [-0.2, 0) is 4.74 Å². The number of nitrogens with one attached hydrogen (secondary N) is 2. The second-order valence-electron chi connectivity index (χ2n) is 3.48. The molecule has 0 saturated carbocycles. The van der Waals surface area contributed by atoms with Crippen LogP contribution in [0.15, 0.2) is 12.3 Å². The zero-order chi connectivity index (χ0) is 11.5.